The molecule has 0 unspecified atom stereocenters. The predicted octanol–water partition coefficient (Wildman–Crippen LogP) is 0.738. The van der Waals surface area contributed by atoms with Crippen molar-refractivity contribution < 1.29 is 9.59 Å². The van der Waals surface area contributed by atoms with E-state index in [2.05, 4.69) is 5.32 Å². The lowest BCUT2D eigenvalue weighted by atomic mass is 9.96. The van der Waals surface area contributed by atoms with Crippen LogP contribution in [0.4, 0.5) is 0 Å². The molecule has 0 fully saturated rings. The summed E-state index contributed by atoms with van der Waals surface area (Å²) in [5.41, 5.74) is -0.358. The number of carbonyl (C=O) groups is 2. The number of nitrogens with one attached hydrogen (secondary N) is 1. The molecule has 0 aliphatic heterocycles. The molecular weight excluding hydrogens is 142 g/mol. The first kappa shape index (κ1) is 10.1. The van der Waals surface area contributed by atoms with Gasteiger partial charge in [0.1, 0.15) is 6.29 Å². The summed E-state index contributed by atoms with van der Waals surface area (Å²) >= 11 is 0. The molecule has 0 aromatic heterocycles. The van der Waals surface area contributed by atoms with Gasteiger partial charge in [0.15, 0.2) is 0 Å². The monoisotopic (exact) mass is 157 g/mol. The molecule has 0 atom stereocenters. The van der Waals surface area contributed by atoms with Gasteiger partial charge in [-0.1, -0.05) is 20.8 Å². The highest BCUT2D eigenvalue weighted by Crippen LogP contribution is 2.11. The Morgan fingerprint density at radius 2 is 2.00 bits per heavy atom. The largest absolute Gasteiger partial charge is 0.355 e. The van der Waals surface area contributed by atoms with E-state index in [9.17, 15) is 9.59 Å². The maximum atomic E-state index is 11.1. The van der Waals surface area contributed by atoms with Gasteiger partial charge in [0, 0.05) is 18.4 Å². The fraction of sp³-hybridized carbons (Fsp3) is 0.750. The van der Waals surface area contributed by atoms with Crippen LogP contribution in [-0.4, -0.2) is 18.7 Å². The molecule has 0 aliphatic rings. The fourth-order valence-corrected chi connectivity index (χ4v) is 0.510. The standard InChI is InChI=1S/C8H15NO2/c1-8(2,3)7(11)9-5-4-6-10/h6H,4-5H2,1-3H3,(H,9,11). The van der Waals surface area contributed by atoms with E-state index >= 15 is 0 Å². The number of hydrogen-bond donors (Lipinski definition) is 1. The van der Waals surface area contributed by atoms with Crippen molar-refractivity contribution in [1.82, 2.24) is 5.32 Å². The summed E-state index contributed by atoms with van der Waals surface area (Å²) in [7, 11) is 0. The third-order valence-corrected chi connectivity index (χ3v) is 1.23. The summed E-state index contributed by atoms with van der Waals surface area (Å²) in [5.74, 6) is -0.0145. The first-order valence-corrected chi connectivity index (χ1v) is 3.70. The summed E-state index contributed by atoms with van der Waals surface area (Å²) in [5, 5.41) is 2.65. The van der Waals surface area contributed by atoms with Crippen LogP contribution in [0.25, 0.3) is 0 Å². The Balaban J connectivity index is 3.62. The lowest BCUT2D eigenvalue weighted by Crippen LogP contribution is -2.35. The van der Waals surface area contributed by atoms with E-state index in [0.29, 0.717) is 13.0 Å². The van der Waals surface area contributed by atoms with Crippen molar-refractivity contribution in [2.45, 2.75) is 27.2 Å². The third kappa shape index (κ3) is 4.53. The number of aldehydes is 1. The second kappa shape index (κ2) is 4.11. The van der Waals surface area contributed by atoms with Crippen LogP contribution in [0.15, 0.2) is 0 Å². The minimum Gasteiger partial charge on any atom is -0.355 e. The lowest BCUT2D eigenvalue weighted by molar-refractivity contribution is -0.128. The normalized spacial score (nSPS) is 10.8. The van der Waals surface area contributed by atoms with E-state index in [1.165, 1.54) is 0 Å². The molecule has 0 spiro atoms. The minimum absolute atomic E-state index is 0.0145. The van der Waals surface area contributed by atoms with Gasteiger partial charge < -0.3 is 10.1 Å². The quantitative estimate of drug-likeness (QED) is 0.485. The van der Waals surface area contributed by atoms with Crippen LogP contribution in [-0.2, 0) is 9.59 Å². The summed E-state index contributed by atoms with van der Waals surface area (Å²) in [4.78, 5) is 21.0. The van der Waals surface area contributed by atoms with Crippen molar-refractivity contribution in [2.75, 3.05) is 6.54 Å². The highest BCUT2D eigenvalue weighted by atomic mass is 16.2. The molecule has 1 amide bonds. The van der Waals surface area contributed by atoms with Gasteiger partial charge in [0.2, 0.25) is 5.91 Å². The molecule has 0 aromatic rings. The van der Waals surface area contributed by atoms with Gasteiger partial charge in [-0.2, -0.15) is 0 Å². The molecule has 1 N–H and O–H groups in total. The fourth-order valence-electron chi connectivity index (χ4n) is 0.510. The Kier molecular flexibility index (Phi) is 3.79. The number of hydrogen-bond acceptors (Lipinski definition) is 2. The molecule has 0 rings (SSSR count). The van der Waals surface area contributed by atoms with E-state index in [-0.39, 0.29) is 11.3 Å². The van der Waals surface area contributed by atoms with Gasteiger partial charge in [0.25, 0.3) is 0 Å². The number of carbonyl (C=O) groups excluding carboxylic acids is 2. The van der Waals surface area contributed by atoms with E-state index < -0.39 is 0 Å². The van der Waals surface area contributed by atoms with Crippen LogP contribution >= 0.6 is 0 Å². The van der Waals surface area contributed by atoms with Gasteiger partial charge >= 0.3 is 0 Å². The van der Waals surface area contributed by atoms with Gasteiger partial charge in [-0.05, 0) is 0 Å². The molecule has 11 heavy (non-hydrogen) atoms. The maximum absolute atomic E-state index is 11.1. The molecule has 0 bridgehead atoms. The van der Waals surface area contributed by atoms with Crippen LogP contribution in [0.3, 0.4) is 0 Å². The SMILES string of the molecule is CC(C)(C)C(=O)NCCC=O. The third-order valence-electron chi connectivity index (χ3n) is 1.23. The zero-order chi connectivity index (χ0) is 8.91. The van der Waals surface area contributed by atoms with Gasteiger partial charge in [0.05, 0.1) is 0 Å². The van der Waals surface area contributed by atoms with Crippen molar-refractivity contribution in [3.63, 3.8) is 0 Å². The van der Waals surface area contributed by atoms with Crippen LogP contribution < -0.4 is 5.32 Å². The highest BCUT2D eigenvalue weighted by molar-refractivity contribution is 5.81. The van der Waals surface area contributed by atoms with Crippen LogP contribution in [0.1, 0.15) is 27.2 Å². The average molecular weight is 157 g/mol. The molecule has 3 heteroatoms. The molecule has 0 radical (unpaired) electrons. The van der Waals surface area contributed by atoms with E-state index in [4.69, 9.17) is 0 Å². The summed E-state index contributed by atoms with van der Waals surface area (Å²) in [6, 6.07) is 0. The Morgan fingerprint density at radius 1 is 1.45 bits per heavy atom. The molecule has 0 heterocycles. The van der Waals surface area contributed by atoms with Crippen molar-refractivity contribution in [1.29, 1.82) is 0 Å². The van der Waals surface area contributed by atoms with Crippen LogP contribution in [0, 0.1) is 5.41 Å². The highest BCUT2D eigenvalue weighted by Gasteiger charge is 2.19. The molecule has 0 saturated heterocycles. The number of amides is 1. The minimum atomic E-state index is -0.358. The zero-order valence-corrected chi connectivity index (χ0v) is 7.31. The Labute approximate surface area is 67.2 Å². The molecule has 0 aliphatic carbocycles. The molecule has 64 valence electrons. The van der Waals surface area contributed by atoms with Crippen molar-refractivity contribution >= 4 is 12.2 Å². The second-order valence-corrected chi connectivity index (χ2v) is 3.46. The van der Waals surface area contributed by atoms with Gasteiger partial charge in [-0.3, -0.25) is 4.79 Å². The zero-order valence-electron chi connectivity index (χ0n) is 7.31. The Bertz CT molecular complexity index is 147. The Morgan fingerprint density at radius 3 is 2.36 bits per heavy atom. The topological polar surface area (TPSA) is 46.2 Å². The van der Waals surface area contributed by atoms with Crippen molar-refractivity contribution in [3.8, 4) is 0 Å². The molecular formula is C8H15NO2. The average Bonchev–Trinajstić information content (AvgIpc) is 1.86. The number of rotatable bonds is 3. The molecule has 3 nitrogen and oxygen atoms in total. The smallest absolute Gasteiger partial charge is 0.225 e. The molecule has 0 saturated carbocycles. The maximum Gasteiger partial charge on any atom is 0.225 e. The Hall–Kier alpha value is -0.860. The van der Waals surface area contributed by atoms with Crippen LogP contribution in [0.2, 0.25) is 0 Å². The summed E-state index contributed by atoms with van der Waals surface area (Å²) in [6.45, 7) is 5.95. The summed E-state index contributed by atoms with van der Waals surface area (Å²) in [6.07, 6.45) is 1.19. The second-order valence-electron chi connectivity index (χ2n) is 3.46. The van der Waals surface area contributed by atoms with E-state index in [1.54, 1.807) is 0 Å². The van der Waals surface area contributed by atoms with E-state index in [1.807, 2.05) is 20.8 Å². The van der Waals surface area contributed by atoms with Crippen LogP contribution in [0.5, 0.6) is 0 Å². The predicted molar refractivity (Wildman–Crippen MR) is 43.1 cm³/mol. The molecule has 0 aromatic carbocycles. The lowest BCUT2D eigenvalue weighted by Gasteiger charge is -2.16. The van der Waals surface area contributed by atoms with Crippen molar-refractivity contribution in [3.05, 3.63) is 0 Å². The first-order valence-electron chi connectivity index (χ1n) is 3.70. The van der Waals surface area contributed by atoms with E-state index in [0.717, 1.165) is 6.29 Å². The van der Waals surface area contributed by atoms with Gasteiger partial charge in [-0.25, -0.2) is 0 Å². The summed E-state index contributed by atoms with van der Waals surface area (Å²) < 4.78 is 0. The van der Waals surface area contributed by atoms with Gasteiger partial charge in [-0.15, -0.1) is 0 Å². The first-order chi connectivity index (χ1) is 4.98. The van der Waals surface area contributed by atoms with Crippen molar-refractivity contribution in [2.24, 2.45) is 5.41 Å².